The number of hydrogen-bond donors (Lipinski definition) is 3. The van der Waals surface area contributed by atoms with E-state index in [0.29, 0.717) is 12.5 Å². The molecule has 5 nitrogen and oxygen atoms in total. The van der Waals surface area contributed by atoms with Crippen LogP contribution in [0, 0.1) is 5.92 Å². The minimum Gasteiger partial charge on any atom is -0.341 e. The second-order valence-corrected chi connectivity index (χ2v) is 4.26. The van der Waals surface area contributed by atoms with Crippen molar-refractivity contribution >= 4 is 11.9 Å². The first-order valence-electron chi connectivity index (χ1n) is 5.47. The third-order valence-electron chi connectivity index (χ3n) is 2.75. The van der Waals surface area contributed by atoms with Gasteiger partial charge < -0.3 is 10.2 Å². The van der Waals surface area contributed by atoms with Gasteiger partial charge >= 0.3 is 6.03 Å². The number of imide groups is 1. The van der Waals surface area contributed by atoms with E-state index in [2.05, 4.69) is 17.6 Å². The molecule has 5 heteroatoms. The molecule has 0 aromatic rings. The van der Waals surface area contributed by atoms with Crippen LogP contribution in [0.4, 0.5) is 4.79 Å². The van der Waals surface area contributed by atoms with Crippen LogP contribution in [-0.2, 0) is 4.79 Å². The molecule has 1 aliphatic heterocycles. The van der Waals surface area contributed by atoms with Crippen LogP contribution in [0.3, 0.4) is 0 Å². The molecule has 1 saturated heterocycles. The van der Waals surface area contributed by atoms with Crippen molar-refractivity contribution in [2.75, 3.05) is 26.7 Å². The van der Waals surface area contributed by atoms with Crippen LogP contribution in [-0.4, -0.2) is 38.6 Å². The number of carbonyl (C=O) groups is 2. The van der Waals surface area contributed by atoms with Gasteiger partial charge in [-0.2, -0.15) is 0 Å². The van der Waals surface area contributed by atoms with Crippen LogP contribution < -0.4 is 15.5 Å². The Hall–Kier alpha value is -1.10. The lowest BCUT2D eigenvalue weighted by molar-refractivity contribution is -0.900. The predicted octanol–water partition coefficient (Wildman–Crippen LogP) is -1.24. The first kappa shape index (κ1) is 12.0. The summed E-state index contributed by atoms with van der Waals surface area (Å²) in [4.78, 5) is 23.5. The monoisotopic (exact) mass is 214 g/mol. The second kappa shape index (κ2) is 5.70. The molecule has 0 aromatic carbocycles. The average Bonchev–Trinajstić information content (AvgIpc) is 2.17. The summed E-state index contributed by atoms with van der Waals surface area (Å²) < 4.78 is 0. The van der Waals surface area contributed by atoms with E-state index in [1.165, 1.54) is 24.8 Å². The molecular formula is C10H20N3O2+. The zero-order valence-corrected chi connectivity index (χ0v) is 9.43. The van der Waals surface area contributed by atoms with Crippen molar-refractivity contribution in [2.24, 2.45) is 5.92 Å². The van der Waals surface area contributed by atoms with E-state index in [0.717, 1.165) is 13.1 Å². The van der Waals surface area contributed by atoms with Gasteiger partial charge in [-0.25, -0.2) is 4.79 Å². The number of quaternary nitrogens is 1. The molecule has 3 amide bonds. The van der Waals surface area contributed by atoms with E-state index in [9.17, 15) is 9.59 Å². The molecule has 0 saturated carbocycles. The van der Waals surface area contributed by atoms with Gasteiger partial charge in [0.05, 0.1) is 13.1 Å². The molecule has 1 aliphatic rings. The zero-order chi connectivity index (χ0) is 11.3. The van der Waals surface area contributed by atoms with Crippen LogP contribution >= 0.6 is 0 Å². The van der Waals surface area contributed by atoms with Crippen molar-refractivity contribution in [3.63, 3.8) is 0 Å². The normalized spacial score (nSPS) is 25.7. The van der Waals surface area contributed by atoms with Crippen molar-refractivity contribution in [2.45, 2.75) is 19.8 Å². The molecule has 86 valence electrons. The van der Waals surface area contributed by atoms with Crippen molar-refractivity contribution in [3.05, 3.63) is 0 Å². The van der Waals surface area contributed by atoms with Crippen molar-refractivity contribution in [3.8, 4) is 0 Å². The van der Waals surface area contributed by atoms with Crippen LogP contribution in [0.15, 0.2) is 0 Å². The zero-order valence-electron chi connectivity index (χ0n) is 9.43. The van der Waals surface area contributed by atoms with Gasteiger partial charge in [-0.3, -0.25) is 10.1 Å². The van der Waals surface area contributed by atoms with Crippen LogP contribution in [0.5, 0.6) is 0 Å². The number of likely N-dealkylation sites (tertiary alicyclic amines) is 1. The van der Waals surface area contributed by atoms with Gasteiger partial charge in [0, 0.05) is 13.0 Å². The molecule has 0 aromatic heterocycles. The number of urea groups is 1. The fourth-order valence-electron chi connectivity index (χ4n) is 2.02. The Bertz CT molecular complexity index is 243. The fourth-order valence-corrected chi connectivity index (χ4v) is 2.02. The molecule has 1 fully saturated rings. The van der Waals surface area contributed by atoms with Crippen LogP contribution in [0.25, 0.3) is 0 Å². The van der Waals surface area contributed by atoms with Crippen LogP contribution in [0.2, 0.25) is 0 Å². The Kier molecular flexibility index (Phi) is 4.55. The standard InChI is InChI=1S/C10H19N3O2/c1-8-4-3-5-13(6-8)7-9(14)12-10(15)11-2/h8H,3-7H2,1-2H3,(H2,11,12,14,15)/p+1/t8-/m1/s1. The smallest absolute Gasteiger partial charge is 0.321 e. The summed E-state index contributed by atoms with van der Waals surface area (Å²) in [5.41, 5.74) is 0. The highest BCUT2D eigenvalue weighted by Crippen LogP contribution is 2.04. The second-order valence-electron chi connectivity index (χ2n) is 4.26. The highest BCUT2D eigenvalue weighted by Gasteiger charge is 2.22. The number of carbonyl (C=O) groups excluding carboxylic acids is 2. The Morgan fingerprint density at radius 2 is 2.20 bits per heavy atom. The number of nitrogens with one attached hydrogen (secondary N) is 3. The van der Waals surface area contributed by atoms with Gasteiger partial charge in [0.1, 0.15) is 0 Å². The minimum atomic E-state index is -0.426. The molecular weight excluding hydrogens is 194 g/mol. The third kappa shape index (κ3) is 4.29. The highest BCUT2D eigenvalue weighted by molar-refractivity contribution is 5.94. The van der Waals surface area contributed by atoms with E-state index in [1.54, 1.807) is 0 Å². The van der Waals surface area contributed by atoms with E-state index in [4.69, 9.17) is 0 Å². The maximum atomic E-state index is 11.4. The number of rotatable bonds is 2. The van der Waals surface area contributed by atoms with Gasteiger partial charge in [0.25, 0.3) is 5.91 Å². The summed E-state index contributed by atoms with van der Waals surface area (Å²) in [5, 5.41) is 4.64. The molecule has 0 spiro atoms. The lowest BCUT2D eigenvalue weighted by atomic mass is 10.0. The van der Waals surface area contributed by atoms with Gasteiger partial charge in [-0.05, 0) is 12.8 Å². The van der Waals surface area contributed by atoms with E-state index in [-0.39, 0.29) is 5.91 Å². The summed E-state index contributed by atoms with van der Waals surface area (Å²) in [7, 11) is 1.50. The summed E-state index contributed by atoms with van der Waals surface area (Å²) in [5.74, 6) is 0.486. The average molecular weight is 214 g/mol. The molecule has 0 radical (unpaired) electrons. The number of hydrogen-bond acceptors (Lipinski definition) is 2. The summed E-state index contributed by atoms with van der Waals surface area (Å²) >= 11 is 0. The number of piperidine rings is 1. The van der Waals surface area contributed by atoms with Crippen molar-refractivity contribution < 1.29 is 14.5 Å². The molecule has 1 unspecified atom stereocenters. The van der Waals surface area contributed by atoms with E-state index in [1.807, 2.05) is 0 Å². The maximum Gasteiger partial charge on any atom is 0.321 e. The molecule has 3 N–H and O–H groups in total. The van der Waals surface area contributed by atoms with E-state index < -0.39 is 6.03 Å². The highest BCUT2D eigenvalue weighted by atomic mass is 16.2. The van der Waals surface area contributed by atoms with Gasteiger partial charge in [0.15, 0.2) is 6.54 Å². The maximum absolute atomic E-state index is 11.4. The van der Waals surface area contributed by atoms with Crippen LogP contribution in [0.1, 0.15) is 19.8 Å². The first-order chi connectivity index (χ1) is 7.11. The Balaban J connectivity index is 2.27. The van der Waals surface area contributed by atoms with Gasteiger partial charge in [-0.1, -0.05) is 6.92 Å². The molecule has 1 rings (SSSR count). The summed E-state index contributed by atoms with van der Waals surface area (Å²) in [6.07, 6.45) is 2.42. The van der Waals surface area contributed by atoms with Crippen molar-refractivity contribution in [1.29, 1.82) is 0 Å². The van der Waals surface area contributed by atoms with Gasteiger partial charge in [-0.15, -0.1) is 0 Å². The Morgan fingerprint density at radius 1 is 1.47 bits per heavy atom. The summed E-state index contributed by atoms with van der Waals surface area (Å²) in [6, 6.07) is -0.426. The third-order valence-corrected chi connectivity index (χ3v) is 2.75. The topological polar surface area (TPSA) is 62.6 Å². The lowest BCUT2D eigenvalue weighted by Crippen LogP contribution is -3.14. The Morgan fingerprint density at radius 3 is 2.80 bits per heavy atom. The molecule has 0 bridgehead atoms. The van der Waals surface area contributed by atoms with Gasteiger partial charge in [0.2, 0.25) is 0 Å². The van der Waals surface area contributed by atoms with Crippen molar-refractivity contribution in [1.82, 2.24) is 10.6 Å². The fraction of sp³-hybridized carbons (Fsp3) is 0.800. The predicted molar refractivity (Wildman–Crippen MR) is 56.6 cm³/mol. The molecule has 1 heterocycles. The first-order valence-corrected chi connectivity index (χ1v) is 5.47. The number of amides is 3. The lowest BCUT2D eigenvalue weighted by Gasteiger charge is -2.27. The Labute approximate surface area is 90.2 Å². The molecule has 15 heavy (non-hydrogen) atoms. The molecule has 0 aliphatic carbocycles. The quantitative estimate of drug-likeness (QED) is 0.538. The SMILES string of the molecule is CNC(=O)NC(=O)C[NH+]1CCC[C@@H](C)C1. The summed E-state index contributed by atoms with van der Waals surface area (Å²) in [6.45, 7) is 4.67. The molecule has 2 atom stereocenters. The van der Waals surface area contributed by atoms with E-state index >= 15 is 0 Å². The largest absolute Gasteiger partial charge is 0.341 e. The minimum absolute atomic E-state index is 0.196.